The van der Waals surface area contributed by atoms with Crippen LogP contribution in [-0.4, -0.2) is 52.4 Å². The predicted octanol–water partition coefficient (Wildman–Crippen LogP) is 1.96. The lowest BCUT2D eigenvalue weighted by molar-refractivity contribution is -0.134. The normalized spacial score (nSPS) is 24.5. The minimum atomic E-state index is -2.76. The molecule has 0 radical (unpaired) electrons. The Labute approximate surface area is 140 Å². The largest absolute Gasteiger partial charge is 0.348 e. The van der Waals surface area contributed by atoms with Crippen LogP contribution in [0.3, 0.4) is 0 Å². The lowest BCUT2D eigenvalue weighted by Crippen LogP contribution is -2.46. The van der Waals surface area contributed by atoms with Crippen molar-refractivity contribution >= 4 is 30.7 Å². The standard InChI is InChI=1S/C13H18F2N4O.2ClH/c14-13(15)5-10(17-7-13)12(20)19-3-1-9(2-4-19)11-6-16-8-18-11;;/h6,8-10,17H,1-5,7H2,(H,16,18);2*1H. The molecule has 1 aromatic heterocycles. The van der Waals surface area contributed by atoms with Gasteiger partial charge in [0.05, 0.1) is 18.9 Å². The van der Waals surface area contributed by atoms with E-state index in [9.17, 15) is 13.6 Å². The zero-order valence-electron chi connectivity index (χ0n) is 11.9. The van der Waals surface area contributed by atoms with Crippen LogP contribution in [0, 0.1) is 0 Å². The molecule has 1 amide bonds. The molecule has 3 rings (SSSR count). The fourth-order valence-electron chi connectivity index (χ4n) is 3.01. The van der Waals surface area contributed by atoms with Crippen LogP contribution in [0.2, 0.25) is 0 Å². The van der Waals surface area contributed by atoms with Crippen LogP contribution < -0.4 is 5.32 Å². The van der Waals surface area contributed by atoms with Crippen LogP contribution >= 0.6 is 24.8 Å². The smallest absolute Gasteiger partial charge is 0.262 e. The van der Waals surface area contributed by atoms with Crippen LogP contribution in [0.15, 0.2) is 12.5 Å². The molecule has 0 aliphatic carbocycles. The third-order valence-corrected chi connectivity index (χ3v) is 4.17. The molecular formula is C13H20Cl2F2N4O. The summed E-state index contributed by atoms with van der Waals surface area (Å²) in [6.07, 6.45) is 4.76. The summed E-state index contributed by atoms with van der Waals surface area (Å²) in [6.45, 7) is 0.840. The highest BCUT2D eigenvalue weighted by Crippen LogP contribution is 2.29. The van der Waals surface area contributed by atoms with Gasteiger partial charge in [-0.2, -0.15) is 0 Å². The molecule has 0 saturated carbocycles. The van der Waals surface area contributed by atoms with Gasteiger partial charge in [-0.15, -0.1) is 24.8 Å². The van der Waals surface area contributed by atoms with E-state index in [-0.39, 0.29) is 37.1 Å². The van der Waals surface area contributed by atoms with E-state index in [4.69, 9.17) is 0 Å². The van der Waals surface area contributed by atoms with Gasteiger partial charge >= 0.3 is 0 Å². The second kappa shape index (κ2) is 7.57. The Hall–Kier alpha value is -0.920. The molecule has 0 bridgehead atoms. The van der Waals surface area contributed by atoms with Crippen LogP contribution in [0.5, 0.6) is 0 Å². The molecule has 5 nitrogen and oxygen atoms in total. The summed E-state index contributed by atoms with van der Waals surface area (Å²) >= 11 is 0. The van der Waals surface area contributed by atoms with Crippen molar-refractivity contribution in [3.05, 3.63) is 18.2 Å². The Kier molecular flexibility index (Phi) is 6.58. The number of piperidine rings is 1. The summed E-state index contributed by atoms with van der Waals surface area (Å²) < 4.78 is 26.3. The van der Waals surface area contributed by atoms with Gasteiger partial charge in [0.25, 0.3) is 5.92 Å². The van der Waals surface area contributed by atoms with Crippen molar-refractivity contribution in [2.75, 3.05) is 19.6 Å². The average Bonchev–Trinajstić information content (AvgIpc) is 3.07. The van der Waals surface area contributed by atoms with E-state index >= 15 is 0 Å². The third kappa shape index (κ3) is 4.08. The van der Waals surface area contributed by atoms with Crippen molar-refractivity contribution in [3.63, 3.8) is 0 Å². The van der Waals surface area contributed by atoms with E-state index < -0.39 is 18.5 Å². The number of carbonyl (C=O) groups is 1. The van der Waals surface area contributed by atoms with Gasteiger partial charge in [0.2, 0.25) is 5.91 Å². The first kappa shape index (κ1) is 19.1. The van der Waals surface area contributed by atoms with Gasteiger partial charge in [0.1, 0.15) is 0 Å². The van der Waals surface area contributed by atoms with E-state index in [1.807, 2.05) is 0 Å². The maximum Gasteiger partial charge on any atom is 0.262 e. The molecule has 9 heteroatoms. The lowest BCUT2D eigenvalue weighted by atomic mass is 9.93. The first-order valence-electron chi connectivity index (χ1n) is 6.93. The number of alkyl halides is 2. The summed E-state index contributed by atoms with van der Waals surface area (Å²) in [5.41, 5.74) is 1.09. The zero-order chi connectivity index (χ0) is 14.2. The van der Waals surface area contributed by atoms with Crippen LogP contribution in [0.25, 0.3) is 0 Å². The maximum absolute atomic E-state index is 13.1. The average molecular weight is 357 g/mol. The third-order valence-electron chi connectivity index (χ3n) is 4.17. The number of likely N-dealkylation sites (tertiary alicyclic amines) is 1. The van der Waals surface area contributed by atoms with Crippen molar-refractivity contribution in [3.8, 4) is 0 Å². The first-order chi connectivity index (χ1) is 9.55. The van der Waals surface area contributed by atoms with E-state index in [2.05, 4.69) is 15.3 Å². The van der Waals surface area contributed by atoms with Gasteiger partial charge in [-0.25, -0.2) is 13.8 Å². The monoisotopic (exact) mass is 356 g/mol. The fourth-order valence-corrected chi connectivity index (χ4v) is 3.01. The van der Waals surface area contributed by atoms with Gasteiger partial charge < -0.3 is 9.88 Å². The number of carbonyl (C=O) groups excluding carboxylic acids is 1. The number of aromatic amines is 1. The van der Waals surface area contributed by atoms with Gasteiger partial charge in [-0.05, 0) is 12.8 Å². The Morgan fingerprint density at radius 1 is 1.32 bits per heavy atom. The molecule has 22 heavy (non-hydrogen) atoms. The van der Waals surface area contributed by atoms with Crippen molar-refractivity contribution in [2.45, 2.75) is 37.1 Å². The zero-order valence-corrected chi connectivity index (χ0v) is 13.6. The van der Waals surface area contributed by atoms with Gasteiger partial charge in [-0.1, -0.05) is 0 Å². The number of halogens is 4. The van der Waals surface area contributed by atoms with Crippen LogP contribution in [0.1, 0.15) is 30.9 Å². The predicted molar refractivity (Wildman–Crippen MR) is 83.0 cm³/mol. The molecule has 2 aliphatic heterocycles. The number of rotatable bonds is 2. The van der Waals surface area contributed by atoms with Gasteiger partial charge in [0.15, 0.2) is 0 Å². The second-order valence-corrected chi connectivity index (χ2v) is 5.60. The number of amides is 1. The van der Waals surface area contributed by atoms with E-state index in [0.29, 0.717) is 19.0 Å². The van der Waals surface area contributed by atoms with E-state index in [1.165, 1.54) is 0 Å². The Morgan fingerprint density at radius 2 is 2.00 bits per heavy atom. The summed E-state index contributed by atoms with van der Waals surface area (Å²) in [4.78, 5) is 21.0. The summed E-state index contributed by atoms with van der Waals surface area (Å²) in [5, 5.41) is 2.63. The first-order valence-corrected chi connectivity index (χ1v) is 6.93. The molecule has 1 aromatic rings. The molecule has 2 saturated heterocycles. The molecule has 0 aromatic carbocycles. The molecule has 3 heterocycles. The molecule has 0 spiro atoms. The van der Waals surface area contributed by atoms with Crippen molar-refractivity contribution in [2.24, 2.45) is 0 Å². The minimum Gasteiger partial charge on any atom is -0.348 e. The molecule has 2 N–H and O–H groups in total. The maximum atomic E-state index is 13.1. The number of H-pyrrole nitrogens is 1. The Bertz CT molecular complexity index is 478. The number of hydrogen-bond donors (Lipinski definition) is 2. The molecule has 126 valence electrons. The van der Waals surface area contributed by atoms with Crippen molar-refractivity contribution < 1.29 is 13.6 Å². The topological polar surface area (TPSA) is 61.0 Å². The fraction of sp³-hybridized carbons (Fsp3) is 0.692. The van der Waals surface area contributed by atoms with Crippen LogP contribution in [0.4, 0.5) is 8.78 Å². The summed E-state index contributed by atoms with van der Waals surface area (Å²) in [5.74, 6) is -2.57. The molecule has 1 unspecified atom stereocenters. The highest BCUT2D eigenvalue weighted by atomic mass is 35.5. The Morgan fingerprint density at radius 3 is 2.50 bits per heavy atom. The number of imidazole rings is 1. The van der Waals surface area contributed by atoms with Crippen LogP contribution in [-0.2, 0) is 4.79 Å². The SMILES string of the molecule is Cl.Cl.O=C(C1CC(F)(F)CN1)N1CCC(c2cnc[nH]2)CC1. The Balaban J connectivity index is 0.00000121. The number of aromatic nitrogens is 2. The van der Waals surface area contributed by atoms with Crippen molar-refractivity contribution in [1.82, 2.24) is 20.2 Å². The lowest BCUT2D eigenvalue weighted by Gasteiger charge is -2.33. The number of nitrogens with one attached hydrogen (secondary N) is 2. The minimum absolute atomic E-state index is 0. The molecule has 1 atom stereocenters. The van der Waals surface area contributed by atoms with Gasteiger partial charge in [0, 0.05) is 37.3 Å². The summed E-state index contributed by atoms with van der Waals surface area (Å²) in [7, 11) is 0. The quantitative estimate of drug-likeness (QED) is 0.851. The summed E-state index contributed by atoms with van der Waals surface area (Å²) in [6, 6.07) is -0.728. The highest BCUT2D eigenvalue weighted by molar-refractivity contribution is 5.85. The van der Waals surface area contributed by atoms with Gasteiger partial charge in [-0.3, -0.25) is 10.1 Å². The second-order valence-electron chi connectivity index (χ2n) is 5.60. The van der Waals surface area contributed by atoms with Crippen molar-refractivity contribution in [1.29, 1.82) is 0 Å². The molecule has 2 fully saturated rings. The molecule has 2 aliphatic rings. The highest BCUT2D eigenvalue weighted by Gasteiger charge is 2.43. The molecular weight excluding hydrogens is 337 g/mol. The van der Waals surface area contributed by atoms with E-state index in [0.717, 1.165) is 18.5 Å². The van der Waals surface area contributed by atoms with E-state index in [1.54, 1.807) is 17.4 Å². The number of hydrogen-bond acceptors (Lipinski definition) is 3. The number of nitrogens with zero attached hydrogens (tertiary/aromatic N) is 2.